The van der Waals surface area contributed by atoms with Gasteiger partial charge in [0.25, 0.3) is 5.91 Å². The van der Waals surface area contributed by atoms with Crippen molar-refractivity contribution in [2.45, 2.75) is 46.8 Å². The highest BCUT2D eigenvalue weighted by Crippen LogP contribution is 2.27. The highest BCUT2D eigenvalue weighted by Gasteiger charge is 2.26. The summed E-state index contributed by atoms with van der Waals surface area (Å²) in [5.41, 5.74) is 2.96. The first kappa shape index (κ1) is 29.8. The first-order chi connectivity index (χ1) is 20.4. The maximum atomic E-state index is 14.1. The van der Waals surface area contributed by atoms with E-state index < -0.39 is 17.2 Å². The van der Waals surface area contributed by atoms with Crippen LogP contribution in [-0.2, 0) is 11.3 Å². The van der Waals surface area contributed by atoms with Gasteiger partial charge in [0.2, 0.25) is 0 Å². The van der Waals surface area contributed by atoms with Crippen molar-refractivity contribution < 1.29 is 27.8 Å². The summed E-state index contributed by atoms with van der Waals surface area (Å²) in [6.45, 7) is 11.3. The molecule has 0 radical (unpaired) electrons. The van der Waals surface area contributed by atoms with Crippen LogP contribution in [0.25, 0.3) is 5.65 Å². The molecule has 0 aliphatic carbocycles. The van der Waals surface area contributed by atoms with Gasteiger partial charge in [-0.3, -0.25) is 9.20 Å². The molecule has 1 aliphatic rings. The van der Waals surface area contributed by atoms with Gasteiger partial charge in [0.1, 0.15) is 29.5 Å². The highest BCUT2D eigenvalue weighted by atomic mass is 19.1. The monoisotopic (exact) mass is 591 g/mol. The normalized spacial score (nSPS) is 13.7. The van der Waals surface area contributed by atoms with Crippen molar-refractivity contribution in [2.75, 3.05) is 36.4 Å². The van der Waals surface area contributed by atoms with Gasteiger partial charge in [-0.25, -0.2) is 18.6 Å². The second kappa shape index (κ2) is 11.9. The van der Waals surface area contributed by atoms with Gasteiger partial charge in [0, 0.05) is 43.8 Å². The minimum atomic E-state index is -0.698. The lowest BCUT2D eigenvalue weighted by molar-refractivity contribution is 0.0240. The van der Waals surface area contributed by atoms with Gasteiger partial charge in [-0.15, -0.1) is 0 Å². The Labute approximate surface area is 249 Å². The number of nitrogens with one attached hydrogen (secondary N) is 1. The molecular formula is C32H35F2N5O4. The smallest absolute Gasteiger partial charge is 0.410 e. The molecule has 2 amide bonds. The molecule has 0 saturated carbocycles. The molecule has 9 nitrogen and oxygen atoms in total. The number of ether oxygens (including phenoxy) is 2. The van der Waals surface area contributed by atoms with E-state index in [0.717, 1.165) is 11.3 Å². The molecule has 0 bridgehead atoms. The molecule has 1 saturated heterocycles. The maximum absolute atomic E-state index is 14.1. The molecule has 2 aromatic carbocycles. The summed E-state index contributed by atoms with van der Waals surface area (Å²) in [4.78, 5) is 34.3. The summed E-state index contributed by atoms with van der Waals surface area (Å²) in [5.74, 6) is -1.46. The number of imidazole rings is 1. The van der Waals surface area contributed by atoms with Crippen LogP contribution in [0.5, 0.6) is 5.75 Å². The maximum Gasteiger partial charge on any atom is 0.410 e. The fourth-order valence-electron chi connectivity index (χ4n) is 5.00. The fraction of sp³-hybridized carbons (Fsp3) is 0.344. The van der Waals surface area contributed by atoms with Gasteiger partial charge in [-0.1, -0.05) is 6.07 Å². The Hall–Kier alpha value is -4.67. The molecule has 2 aromatic heterocycles. The lowest BCUT2D eigenvalue weighted by Crippen LogP contribution is -2.50. The summed E-state index contributed by atoms with van der Waals surface area (Å²) in [5, 5.41) is 2.98. The van der Waals surface area contributed by atoms with E-state index in [1.165, 1.54) is 18.2 Å². The van der Waals surface area contributed by atoms with Crippen LogP contribution >= 0.6 is 0 Å². The van der Waals surface area contributed by atoms with Gasteiger partial charge in [-0.2, -0.15) is 0 Å². The molecular weight excluding hydrogens is 556 g/mol. The first-order valence-electron chi connectivity index (χ1n) is 14.1. The Bertz CT molecular complexity index is 1650. The van der Waals surface area contributed by atoms with Crippen molar-refractivity contribution in [1.29, 1.82) is 0 Å². The number of hydrogen-bond donors (Lipinski definition) is 1. The van der Waals surface area contributed by atoms with Crippen LogP contribution in [0.1, 0.15) is 48.1 Å². The molecule has 11 heteroatoms. The average Bonchev–Trinajstić information content (AvgIpc) is 3.29. The van der Waals surface area contributed by atoms with Gasteiger partial charge in [0.15, 0.2) is 11.4 Å². The van der Waals surface area contributed by atoms with Gasteiger partial charge in [-0.05, 0) is 82.6 Å². The number of rotatable bonds is 6. The van der Waals surface area contributed by atoms with E-state index in [4.69, 9.17) is 9.47 Å². The van der Waals surface area contributed by atoms with Crippen molar-refractivity contribution in [3.63, 3.8) is 0 Å². The quantitative estimate of drug-likeness (QED) is 0.291. The number of pyridine rings is 1. The average molecular weight is 592 g/mol. The predicted octanol–water partition coefficient (Wildman–Crippen LogP) is 6.12. The Morgan fingerprint density at radius 2 is 1.67 bits per heavy atom. The number of anilines is 2. The van der Waals surface area contributed by atoms with E-state index >= 15 is 0 Å². The van der Waals surface area contributed by atoms with Crippen LogP contribution in [-0.4, -0.2) is 58.1 Å². The predicted molar refractivity (Wildman–Crippen MR) is 160 cm³/mol. The molecule has 0 unspecified atom stereocenters. The zero-order valence-corrected chi connectivity index (χ0v) is 24.9. The Morgan fingerprint density at radius 1 is 0.977 bits per heavy atom. The summed E-state index contributed by atoms with van der Waals surface area (Å²) < 4.78 is 41.0. The summed E-state index contributed by atoms with van der Waals surface area (Å²) in [7, 11) is 0. The molecule has 43 heavy (non-hydrogen) atoms. The second-order valence-corrected chi connectivity index (χ2v) is 11.5. The lowest BCUT2D eigenvalue weighted by Gasteiger charge is -2.37. The van der Waals surface area contributed by atoms with E-state index in [-0.39, 0.29) is 24.2 Å². The number of nitrogens with zero attached hydrogens (tertiary/aromatic N) is 4. The van der Waals surface area contributed by atoms with Crippen molar-refractivity contribution in [3.05, 3.63) is 88.9 Å². The molecule has 1 fully saturated rings. The van der Waals surface area contributed by atoms with Crippen molar-refractivity contribution in [2.24, 2.45) is 0 Å². The third-order valence-electron chi connectivity index (χ3n) is 7.19. The second-order valence-electron chi connectivity index (χ2n) is 11.5. The van der Waals surface area contributed by atoms with Crippen LogP contribution in [0.15, 0.2) is 54.7 Å². The van der Waals surface area contributed by atoms with Gasteiger partial charge >= 0.3 is 6.09 Å². The molecule has 0 spiro atoms. The van der Waals surface area contributed by atoms with Gasteiger partial charge < -0.3 is 24.6 Å². The zero-order valence-electron chi connectivity index (χ0n) is 24.9. The number of carbonyl (C=O) groups is 2. The zero-order chi connectivity index (χ0) is 30.9. The van der Waals surface area contributed by atoms with Crippen LogP contribution in [0.4, 0.5) is 25.0 Å². The minimum absolute atomic E-state index is 0.186. The largest absolute Gasteiger partial charge is 0.485 e. The molecule has 1 aliphatic heterocycles. The lowest BCUT2D eigenvalue weighted by atomic mass is 10.1. The number of benzene rings is 2. The van der Waals surface area contributed by atoms with Crippen LogP contribution < -0.4 is 15.0 Å². The highest BCUT2D eigenvalue weighted by molar-refractivity contribution is 6.05. The molecule has 4 aromatic rings. The Balaban J connectivity index is 1.27. The molecule has 3 heterocycles. The SMILES string of the molecule is Cc1cc(N2CCN(C(=O)OC(C)(C)C)CC2)ccc1NC(=O)c1c(C)nc2c(OCc3c(F)cccc3F)cccn12. The summed E-state index contributed by atoms with van der Waals surface area (Å²) in [6, 6.07) is 12.8. The molecule has 226 valence electrons. The standard InChI is InChI=1S/C32H35F2N5O4/c1-20-18-22(37-14-16-38(17-15-37)31(41)43-32(3,4)5)11-12-26(20)36-30(40)28-21(2)35-29-27(10-7-13-39(28)29)42-19-23-24(33)8-6-9-25(23)34/h6-13,18H,14-17,19H2,1-5H3,(H,36,40). The summed E-state index contributed by atoms with van der Waals surface area (Å²) in [6.07, 6.45) is 1.38. The number of piperazine rings is 1. The van der Waals surface area contributed by atoms with Crippen molar-refractivity contribution in [1.82, 2.24) is 14.3 Å². The number of fused-ring (bicyclic) bond motifs is 1. The summed E-state index contributed by atoms with van der Waals surface area (Å²) >= 11 is 0. The number of aryl methyl sites for hydroxylation is 2. The molecule has 0 atom stereocenters. The minimum Gasteiger partial charge on any atom is -0.485 e. The van der Waals surface area contributed by atoms with Crippen LogP contribution in [0, 0.1) is 25.5 Å². The number of amides is 2. The number of hydrogen-bond acceptors (Lipinski definition) is 6. The number of carbonyl (C=O) groups excluding carboxylic acids is 2. The third-order valence-corrected chi connectivity index (χ3v) is 7.19. The third kappa shape index (κ3) is 6.55. The number of aromatic nitrogens is 2. The van der Waals surface area contributed by atoms with E-state index in [1.807, 2.05) is 45.9 Å². The van der Waals surface area contributed by atoms with Crippen LogP contribution in [0.3, 0.4) is 0 Å². The van der Waals surface area contributed by atoms with E-state index in [0.29, 0.717) is 54.7 Å². The van der Waals surface area contributed by atoms with Crippen molar-refractivity contribution in [3.8, 4) is 5.75 Å². The number of halogens is 2. The van der Waals surface area contributed by atoms with E-state index in [1.54, 1.807) is 34.6 Å². The van der Waals surface area contributed by atoms with Gasteiger partial charge in [0.05, 0.1) is 11.3 Å². The fourth-order valence-corrected chi connectivity index (χ4v) is 5.00. The topological polar surface area (TPSA) is 88.4 Å². The Morgan fingerprint density at radius 3 is 2.33 bits per heavy atom. The molecule has 1 N–H and O–H groups in total. The Kier molecular flexibility index (Phi) is 8.25. The van der Waals surface area contributed by atoms with E-state index in [9.17, 15) is 18.4 Å². The van der Waals surface area contributed by atoms with E-state index in [2.05, 4.69) is 15.2 Å². The molecule has 5 rings (SSSR count). The van der Waals surface area contributed by atoms with Crippen LogP contribution in [0.2, 0.25) is 0 Å². The van der Waals surface area contributed by atoms with Crippen molar-refractivity contribution >= 4 is 29.0 Å². The first-order valence-corrected chi connectivity index (χ1v) is 14.1.